The number of nitriles is 4. The van der Waals surface area contributed by atoms with Gasteiger partial charge in [-0.2, -0.15) is 21.0 Å². The fourth-order valence-electron chi connectivity index (χ4n) is 15.8. The van der Waals surface area contributed by atoms with Crippen molar-refractivity contribution in [3.8, 4) is 86.1 Å². The molecule has 446 valence electrons. The topological polar surface area (TPSA) is 120 Å². The lowest BCUT2D eigenvalue weighted by Crippen LogP contribution is -2.16. The van der Waals surface area contributed by atoms with Crippen LogP contribution in [-0.2, 0) is 0 Å². The van der Waals surface area contributed by atoms with Crippen LogP contribution in [0, 0.1) is 45.3 Å². The second-order valence-electron chi connectivity index (χ2n) is 24.8. The van der Waals surface area contributed by atoms with Crippen LogP contribution in [0.4, 0.5) is 0 Å². The Kier molecular flexibility index (Phi) is 12.0. The van der Waals surface area contributed by atoms with Gasteiger partial charge in [-0.05, 0) is 144 Å². The van der Waals surface area contributed by atoms with Gasteiger partial charge in [-0.25, -0.2) is 0 Å². The maximum absolute atomic E-state index is 11.3. The van der Waals surface area contributed by atoms with Crippen molar-refractivity contribution < 1.29 is 0 Å². The van der Waals surface area contributed by atoms with Crippen LogP contribution in [0.2, 0.25) is 0 Å². The van der Waals surface area contributed by atoms with Crippen LogP contribution in [0.1, 0.15) is 22.3 Å². The summed E-state index contributed by atoms with van der Waals surface area (Å²) in [5, 5.41) is 55.5. The van der Waals surface area contributed by atoms with E-state index in [1.807, 2.05) is 24.3 Å². The van der Waals surface area contributed by atoms with Gasteiger partial charge in [0.25, 0.3) is 0 Å². The van der Waals surface area contributed by atoms with Crippen LogP contribution in [0.5, 0.6) is 0 Å². The van der Waals surface area contributed by atoms with Crippen LogP contribution in [0.3, 0.4) is 0 Å². The minimum Gasteiger partial charge on any atom is -0.309 e. The lowest BCUT2D eigenvalue weighted by molar-refractivity contribution is 1.04. The molecule has 0 unspecified atom stereocenters. The summed E-state index contributed by atoms with van der Waals surface area (Å²) in [5.41, 5.74) is 19.4. The predicted octanol–water partition coefficient (Wildman–Crippen LogP) is 21.7. The fraction of sp³-hybridized carbons (Fsp3) is 0. The number of aromatic nitrogens is 5. The van der Waals surface area contributed by atoms with E-state index in [1.165, 1.54) is 0 Å². The van der Waals surface area contributed by atoms with Gasteiger partial charge in [0.05, 0.1) is 124 Å². The zero-order chi connectivity index (χ0) is 64.6. The molecule has 0 N–H and O–H groups in total. The summed E-state index contributed by atoms with van der Waals surface area (Å²) in [6.07, 6.45) is 0. The monoisotopic (exact) mass is 1230 g/mol. The summed E-state index contributed by atoms with van der Waals surface area (Å²) in [7, 11) is 0. The molecule has 97 heavy (non-hydrogen) atoms. The van der Waals surface area contributed by atoms with Gasteiger partial charge in [0, 0.05) is 70.7 Å². The number of para-hydroxylation sites is 9. The largest absolute Gasteiger partial charge is 0.309 e. The maximum atomic E-state index is 11.3. The van der Waals surface area contributed by atoms with Crippen molar-refractivity contribution in [2.45, 2.75) is 0 Å². The van der Waals surface area contributed by atoms with Gasteiger partial charge in [0.2, 0.25) is 0 Å². The van der Waals surface area contributed by atoms with E-state index in [0.29, 0.717) is 50.2 Å². The average molecular weight is 1230 g/mol. The molecule has 0 atom stereocenters. The number of fused-ring (bicyclic) bond motifs is 15. The van der Waals surface area contributed by atoms with Gasteiger partial charge in [-0.15, -0.1) is 0 Å². The highest BCUT2D eigenvalue weighted by Crippen LogP contribution is 2.55. The third-order valence-electron chi connectivity index (χ3n) is 19.7. The van der Waals surface area contributed by atoms with Crippen molar-refractivity contribution in [3.63, 3.8) is 0 Å². The smallest absolute Gasteiger partial charge is 0.0992 e. The molecule has 0 amide bonds. The lowest BCUT2D eigenvalue weighted by atomic mass is 9.87. The van der Waals surface area contributed by atoms with Crippen LogP contribution >= 0.6 is 0 Å². The molecule has 0 aliphatic heterocycles. The average Bonchev–Trinajstić information content (AvgIpc) is 1.63. The van der Waals surface area contributed by atoms with Crippen molar-refractivity contribution in [3.05, 3.63) is 320 Å². The Morgan fingerprint density at radius 2 is 0.433 bits per heavy atom. The van der Waals surface area contributed by atoms with Crippen LogP contribution in [-0.4, -0.2) is 22.8 Å². The molecule has 0 spiro atoms. The Morgan fingerprint density at radius 1 is 0.186 bits per heavy atom. The first-order chi connectivity index (χ1) is 48.0. The maximum Gasteiger partial charge on any atom is 0.0992 e. The van der Waals surface area contributed by atoms with E-state index < -0.39 is 0 Å². The first kappa shape index (κ1) is 54.7. The normalized spacial score (nSPS) is 11.7. The minimum absolute atomic E-state index is 0.301. The summed E-state index contributed by atoms with van der Waals surface area (Å²) in [6.45, 7) is 0. The summed E-state index contributed by atoms with van der Waals surface area (Å²) < 4.78 is 11.9. The van der Waals surface area contributed by atoms with E-state index in [4.69, 9.17) is 0 Å². The third kappa shape index (κ3) is 8.02. The van der Waals surface area contributed by atoms with Crippen LogP contribution in [0.25, 0.3) is 171 Å². The Balaban J connectivity index is 1.09. The molecule has 0 saturated carbocycles. The van der Waals surface area contributed by atoms with Crippen molar-refractivity contribution in [1.29, 1.82) is 21.0 Å². The molecule has 9 heteroatoms. The summed E-state index contributed by atoms with van der Waals surface area (Å²) in [4.78, 5) is 0. The van der Waals surface area contributed by atoms with Crippen molar-refractivity contribution in [1.82, 2.24) is 22.8 Å². The van der Waals surface area contributed by atoms with E-state index in [1.54, 1.807) is 12.1 Å². The predicted molar refractivity (Wildman–Crippen MR) is 393 cm³/mol. The van der Waals surface area contributed by atoms with Crippen molar-refractivity contribution in [2.24, 2.45) is 0 Å². The zero-order valence-corrected chi connectivity index (χ0v) is 51.8. The second kappa shape index (κ2) is 21.3. The minimum atomic E-state index is 0.301. The zero-order valence-electron chi connectivity index (χ0n) is 51.8. The van der Waals surface area contributed by atoms with Crippen molar-refractivity contribution >= 4 is 109 Å². The Labute approximate surface area is 555 Å². The third-order valence-corrected chi connectivity index (χ3v) is 19.7. The standard InChI is InChI=1S/C88H49N9/c89-50-54-42-55(51-90)45-60(44-54)83-85(94-74-31-13-4-22-63(74)64-23-5-14-32-75(64)94)84(61-46-56(52-91)43-57(47-61)53-92)87(96-78-35-17-8-26-67(78)68-27-9-18-36-79(68)96)88(86(83)95-76-33-15-6-24-65(76)66-25-7-16-34-77(66)95)97-80-37-19-11-29-70(80)72-49-59(39-41-82(72)97)58-38-40-81-71(48-58)69-28-10-12-30-73(69)93(81)62-20-2-1-3-21-62/h1-49H. The fourth-order valence-corrected chi connectivity index (χ4v) is 15.8. The number of nitrogens with zero attached hydrogens (tertiary/aromatic N) is 9. The molecule has 19 rings (SSSR count). The molecular formula is C88H49N9. The quantitative estimate of drug-likeness (QED) is 0.150. The molecule has 0 fully saturated rings. The Hall–Kier alpha value is -14.0. The Bertz CT molecular complexity index is 6380. The molecule has 0 bridgehead atoms. The molecular weight excluding hydrogens is 1180 g/mol. The molecule has 5 aromatic heterocycles. The molecule has 0 aliphatic carbocycles. The van der Waals surface area contributed by atoms with Gasteiger partial charge in [0.15, 0.2) is 0 Å². The highest BCUT2D eigenvalue weighted by molar-refractivity contribution is 6.20. The molecule has 0 saturated heterocycles. The first-order valence-corrected chi connectivity index (χ1v) is 32.2. The lowest BCUT2D eigenvalue weighted by Gasteiger charge is -2.31. The van der Waals surface area contributed by atoms with Gasteiger partial charge in [-0.3, -0.25) is 0 Å². The van der Waals surface area contributed by atoms with E-state index >= 15 is 0 Å². The number of hydrogen-bond acceptors (Lipinski definition) is 4. The molecule has 0 radical (unpaired) electrons. The second-order valence-corrected chi connectivity index (χ2v) is 24.8. The molecule has 19 aromatic rings. The van der Waals surface area contributed by atoms with Gasteiger partial charge >= 0.3 is 0 Å². The highest BCUT2D eigenvalue weighted by atomic mass is 15.1. The van der Waals surface area contributed by atoms with Gasteiger partial charge in [0.1, 0.15) is 0 Å². The summed E-state index contributed by atoms with van der Waals surface area (Å²) in [5.74, 6) is 0. The van der Waals surface area contributed by atoms with Gasteiger partial charge in [-0.1, -0.05) is 176 Å². The molecule has 0 aliphatic rings. The van der Waals surface area contributed by atoms with E-state index in [-0.39, 0.29) is 0 Å². The highest BCUT2D eigenvalue weighted by Gasteiger charge is 2.36. The summed E-state index contributed by atoms with van der Waals surface area (Å²) >= 11 is 0. The number of benzene rings is 14. The number of hydrogen-bond donors (Lipinski definition) is 0. The molecule has 9 nitrogen and oxygen atoms in total. The van der Waals surface area contributed by atoms with E-state index in [0.717, 1.165) is 143 Å². The summed E-state index contributed by atoms with van der Waals surface area (Å²) in [6, 6.07) is 113. The Morgan fingerprint density at radius 3 is 0.753 bits per heavy atom. The van der Waals surface area contributed by atoms with Crippen LogP contribution in [0.15, 0.2) is 297 Å². The van der Waals surface area contributed by atoms with Crippen molar-refractivity contribution in [2.75, 3.05) is 0 Å². The van der Waals surface area contributed by atoms with Gasteiger partial charge < -0.3 is 22.8 Å². The SMILES string of the molecule is N#Cc1cc(C#N)cc(-c2c(-n3c4ccccc4c4ccccc43)c(-c3cc(C#N)cc(C#N)c3)c(-n3c4ccccc4c4ccccc43)c(-n3c4ccccc4c4cc(-c5ccc6c(c5)c5ccccc5n6-c5ccccc5)ccc43)c2-n2c3ccccc3c3ccccc32)c1. The number of rotatable bonds is 8. The van der Waals surface area contributed by atoms with E-state index in [9.17, 15) is 21.0 Å². The van der Waals surface area contributed by atoms with Crippen LogP contribution < -0.4 is 0 Å². The molecule has 5 heterocycles. The first-order valence-electron chi connectivity index (χ1n) is 32.2. The van der Waals surface area contributed by atoms with E-state index in [2.05, 4.69) is 308 Å². The molecule has 14 aromatic carbocycles.